The van der Waals surface area contributed by atoms with Crippen LogP contribution in [0.5, 0.6) is 0 Å². The molecule has 0 saturated carbocycles. The first-order valence-corrected chi connectivity index (χ1v) is 5.07. The Kier molecular flexibility index (Phi) is 3.65. The number of nitrogens with two attached hydrogens (primary N) is 1. The zero-order chi connectivity index (χ0) is 10.9. The molecule has 1 aromatic carbocycles. The maximum atomic E-state index is 12.5. The fourth-order valence-electron chi connectivity index (χ4n) is 1.11. The summed E-state index contributed by atoms with van der Waals surface area (Å²) in [6.45, 7) is -0.175. The molecule has 1 rings (SSSR count). The van der Waals surface area contributed by atoms with Gasteiger partial charge in [0.25, 0.3) is 0 Å². The molecule has 0 unspecified atom stereocenters. The lowest BCUT2D eigenvalue weighted by Gasteiger charge is -2.13. The van der Waals surface area contributed by atoms with Crippen LogP contribution in [0.1, 0.15) is 11.1 Å². The SMILES string of the molecule is NCc1cc(Cl)cc(I)c1C(F)(F)F. The minimum absolute atomic E-state index is 0.0226. The van der Waals surface area contributed by atoms with E-state index >= 15 is 0 Å². The molecule has 0 fully saturated rings. The highest BCUT2D eigenvalue weighted by Gasteiger charge is 2.35. The Bertz CT molecular complexity index is 351. The molecule has 0 bridgehead atoms. The zero-order valence-electron chi connectivity index (χ0n) is 6.83. The van der Waals surface area contributed by atoms with E-state index in [0.29, 0.717) is 0 Å². The van der Waals surface area contributed by atoms with Gasteiger partial charge in [0, 0.05) is 15.1 Å². The van der Waals surface area contributed by atoms with E-state index < -0.39 is 11.7 Å². The van der Waals surface area contributed by atoms with E-state index in [1.807, 2.05) is 0 Å². The van der Waals surface area contributed by atoms with Crippen LogP contribution in [0.25, 0.3) is 0 Å². The molecule has 0 aliphatic rings. The summed E-state index contributed by atoms with van der Waals surface area (Å²) in [6.07, 6.45) is -4.38. The fourth-order valence-corrected chi connectivity index (χ4v) is 2.52. The molecular weight excluding hydrogens is 329 g/mol. The van der Waals surface area contributed by atoms with E-state index in [-0.39, 0.29) is 20.7 Å². The lowest BCUT2D eigenvalue weighted by atomic mass is 10.1. The minimum Gasteiger partial charge on any atom is -0.326 e. The molecule has 1 aromatic rings. The van der Waals surface area contributed by atoms with Crippen molar-refractivity contribution < 1.29 is 13.2 Å². The van der Waals surface area contributed by atoms with Crippen LogP contribution in [-0.4, -0.2) is 0 Å². The van der Waals surface area contributed by atoms with Gasteiger partial charge >= 0.3 is 6.18 Å². The molecule has 2 N–H and O–H groups in total. The quantitative estimate of drug-likeness (QED) is 0.782. The van der Waals surface area contributed by atoms with E-state index in [4.69, 9.17) is 17.3 Å². The van der Waals surface area contributed by atoms with Gasteiger partial charge in [-0.2, -0.15) is 13.2 Å². The van der Waals surface area contributed by atoms with Crippen molar-refractivity contribution in [3.8, 4) is 0 Å². The second-order valence-corrected chi connectivity index (χ2v) is 4.22. The predicted octanol–water partition coefficient (Wildman–Crippen LogP) is 3.42. The molecule has 0 saturated heterocycles. The number of rotatable bonds is 1. The molecule has 0 radical (unpaired) electrons. The van der Waals surface area contributed by atoms with Crippen molar-refractivity contribution in [2.75, 3.05) is 0 Å². The molecule has 0 atom stereocenters. The molecule has 0 heterocycles. The van der Waals surface area contributed by atoms with Crippen molar-refractivity contribution in [1.29, 1.82) is 0 Å². The highest BCUT2D eigenvalue weighted by atomic mass is 127. The topological polar surface area (TPSA) is 26.0 Å². The summed E-state index contributed by atoms with van der Waals surface area (Å²) in [5.41, 5.74) is 4.56. The van der Waals surface area contributed by atoms with Crippen molar-refractivity contribution in [2.24, 2.45) is 5.73 Å². The average molecular weight is 335 g/mol. The van der Waals surface area contributed by atoms with Crippen LogP contribution >= 0.6 is 34.2 Å². The third-order valence-electron chi connectivity index (χ3n) is 1.64. The van der Waals surface area contributed by atoms with Crippen LogP contribution in [0.4, 0.5) is 13.2 Å². The minimum atomic E-state index is -4.38. The van der Waals surface area contributed by atoms with Crippen LogP contribution in [0.2, 0.25) is 5.02 Å². The molecular formula is C8H6ClF3IN. The molecule has 78 valence electrons. The standard InChI is InChI=1S/C8H6ClF3IN/c9-5-1-4(3-14)7(6(13)2-5)8(10,11)12/h1-2H,3,14H2. The third kappa shape index (κ3) is 2.52. The molecule has 0 amide bonds. The molecule has 0 aliphatic heterocycles. The second kappa shape index (κ2) is 4.24. The Morgan fingerprint density at radius 3 is 2.36 bits per heavy atom. The summed E-state index contributed by atoms with van der Waals surface area (Å²) in [4.78, 5) is 0. The Morgan fingerprint density at radius 1 is 1.36 bits per heavy atom. The van der Waals surface area contributed by atoms with Crippen molar-refractivity contribution >= 4 is 34.2 Å². The van der Waals surface area contributed by atoms with Gasteiger partial charge in [0.1, 0.15) is 0 Å². The molecule has 0 spiro atoms. The van der Waals surface area contributed by atoms with Crippen molar-refractivity contribution in [2.45, 2.75) is 12.7 Å². The molecule has 14 heavy (non-hydrogen) atoms. The number of hydrogen-bond acceptors (Lipinski definition) is 1. The van der Waals surface area contributed by atoms with E-state index in [0.717, 1.165) is 0 Å². The van der Waals surface area contributed by atoms with Gasteiger partial charge in [-0.05, 0) is 40.3 Å². The van der Waals surface area contributed by atoms with E-state index in [1.54, 1.807) is 22.6 Å². The van der Waals surface area contributed by atoms with Crippen molar-refractivity contribution in [3.63, 3.8) is 0 Å². The summed E-state index contributed by atoms with van der Waals surface area (Å²) >= 11 is 7.22. The first-order chi connectivity index (χ1) is 6.36. The van der Waals surface area contributed by atoms with Gasteiger partial charge in [-0.1, -0.05) is 11.6 Å². The molecule has 6 heteroatoms. The van der Waals surface area contributed by atoms with Crippen LogP contribution in [0.15, 0.2) is 12.1 Å². The molecule has 0 aromatic heterocycles. The number of benzene rings is 1. The van der Waals surface area contributed by atoms with Crippen LogP contribution < -0.4 is 5.73 Å². The highest BCUT2D eigenvalue weighted by molar-refractivity contribution is 14.1. The zero-order valence-corrected chi connectivity index (χ0v) is 9.74. The van der Waals surface area contributed by atoms with Crippen molar-refractivity contribution in [3.05, 3.63) is 31.9 Å². The van der Waals surface area contributed by atoms with E-state index in [9.17, 15) is 13.2 Å². The smallest absolute Gasteiger partial charge is 0.326 e. The maximum Gasteiger partial charge on any atom is 0.417 e. The lowest BCUT2D eigenvalue weighted by molar-refractivity contribution is -0.138. The van der Waals surface area contributed by atoms with Crippen LogP contribution in [-0.2, 0) is 12.7 Å². The summed E-state index contributed by atoms with van der Waals surface area (Å²) in [6, 6.07) is 2.51. The molecule has 1 nitrogen and oxygen atoms in total. The Labute approximate surface area is 97.6 Å². The van der Waals surface area contributed by atoms with Crippen molar-refractivity contribution in [1.82, 2.24) is 0 Å². The maximum absolute atomic E-state index is 12.5. The van der Waals surface area contributed by atoms with Gasteiger partial charge in [0.15, 0.2) is 0 Å². The van der Waals surface area contributed by atoms with Crippen LogP contribution in [0, 0.1) is 3.57 Å². The number of hydrogen-bond donors (Lipinski definition) is 1. The third-order valence-corrected chi connectivity index (χ3v) is 2.71. The average Bonchev–Trinajstić information content (AvgIpc) is 1.99. The Balaban J connectivity index is 3.40. The van der Waals surface area contributed by atoms with Gasteiger partial charge in [-0.25, -0.2) is 0 Å². The number of halogens is 5. The highest BCUT2D eigenvalue weighted by Crippen LogP contribution is 2.36. The lowest BCUT2D eigenvalue weighted by Crippen LogP contribution is -2.14. The molecule has 0 aliphatic carbocycles. The first-order valence-electron chi connectivity index (χ1n) is 3.61. The Morgan fingerprint density at radius 2 is 1.93 bits per heavy atom. The first kappa shape index (κ1) is 12.1. The second-order valence-electron chi connectivity index (χ2n) is 2.62. The number of alkyl halides is 3. The summed E-state index contributed by atoms with van der Waals surface area (Å²) in [7, 11) is 0. The summed E-state index contributed by atoms with van der Waals surface area (Å²) < 4.78 is 37.6. The van der Waals surface area contributed by atoms with Gasteiger partial charge in [-0.15, -0.1) is 0 Å². The Hall–Kier alpha value is -0.0100. The van der Waals surface area contributed by atoms with Crippen LogP contribution in [0.3, 0.4) is 0 Å². The van der Waals surface area contributed by atoms with Gasteiger partial charge in [0.05, 0.1) is 5.56 Å². The van der Waals surface area contributed by atoms with Gasteiger partial charge in [0.2, 0.25) is 0 Å². The summed E-state index contributed by atoms with van der Waals surface area (Å²) in [5, 5.41) is 0.267. The largest absolute Gasteiger partial charge is 0.417 e. The monoisotopic (exact) mass is 335 g/mol. The normalized spacial score (nSPS) is 11.9. The fraction of sp³-hybridized carbons (Fsp3) is 0.250. The van der Waals surface area contributed by atoms with E-state index in [1.165, 1.54) is 12.1 Å². The summed E-state index contributed by atoms with van der Waals surface area (Å²) in [5.74, 6) is 0. The van der Waals surface area contributed by atoms with Gasteiger partial charge < -0.3 is 5.73 Å². The van der Waals surface area contributed by atoms with E-state index in [2.05, 4.69) is 0 Å². The predicted molar refractivity (Wildman–Crippen MR) is 57.1 cm³/mol. The van der Waals surface area contributed by atoms with Gasteiger partial charge in [-0.3, -0.25) is 0 Å².